The van der Waals surface area contributed by atoms with Gasteiger partial charge in [-0.3, -0.25) is 4.79 Å². The van der Waals surface area contributed by atoms with Crippen LogP contribution in [0.3, 0.4) is 0 Å². The fraction of sp³-hybridized carbons (Fsp3) is 0.625. The summed E-state index contributed by atoms with van der Waals surface area (Å²) in [5.74, 6) is 0.625. The minimum absolute atomic E-state index is 0.0553. The maximum Gasteiger partial charge on any atom is 0.332 e. The van der Waals surface area contributed by atoms with Crippen molar-refractivity contribution in [3.63, 3.8) is 0 Å². The molecule has 3 heterocycles. The van der Waals surface area contributed by atoms with Crippen LogP contribution in [-0.2, 0) is 20.7 Å². The second-order valence-corrected chi connectivity index (χ2v) is 5.88. The maximum atomic E-state index is 12.6. The van der Waals surface area contributed by atoms with Crippen molar-refractivity contribution >= 4 is 11.9 Å². The number of ether oxygens (including phenoxy) is 1. The normalized spacial score (nSPS) is 28.2. The molecular formula is C16H21NO5. The molecule has 3 atom stereocenters. The molecule has 6 heteroatoms. The van der Waals surface area contributed by atoms with Gasteiger partial charge in [0.05, 0.1) is 6.04 Å². The van der Waals surface area contributed by atoms with Crippen molar-refractivity contribution in [1.82, 2.24) is 4.90 Å². The Morgan fingerprint density at radius 2 is 2.05 bits per heavy atom. The monoisotopic (exact) mass is 307 g/mol. The number of carbonyl (C=O) groups excluding carboxylic acids is 1. The molecule has 1 unspecified atom stereocenters. The number of hydrogen-bond acceptors (Lipinski definition) is 4. The molecule has 1 aromatic heterocycles. The molecule has 2 fully saturated rings. The third kappa shape index (κ3) is 2.75. The average molecular weight is 307 g/mol. The van der Waals surface area contributed by atoms with E-state index >= 15 is 0 Å². The van der Waals surface area contributed by atoms with E-state index in [9.17, 15) is 9.59 Å². The van der Waals surface area contributed by atoms with E-state index in [1.165, 1.54) is 0 Å². The lowest BCUT2D eigenvalue weighted by atomic mass is 10.1. The van der Waals surface area contributed by atoms with Crippen LogP contribution < -0.4 is 0 Å². The smallest absolute Gasteiger partial charge is 0.332 e. The second kappa shape index (κ2) is 6.12. The molecule has 2 saturated heterocycles. The van der Waals surface area contributed by atoms with Gasteiger partial charge in [-0.05, 0) is 37.8 Å². The average Bonchev–Trinajstić information content (AvgIpc) is 3.24. The van der Waals surface area contributed by atoms with Gasteiger partial charge < -0.3 is 19.2 Å². The molecule has 1 N–H and O–H groups in total. The van der Waals surface area contributed by atoms with Crippen LogP contribution in [0.4, 0.5) is 0 Å². The van der Waals surface area contributed by atoms with Crippen LogP contribution >= 0.6 is 0 Å². The number of amides is 1. The molecule has 3 rings (SSSR count). The van der Waals surface area contributed by atoms with Gasteiger partial charge in [-0.2, -0.15) is 0 Å². The molecule has 0 radical (unpaired) electrons. The third-order valence-electron chi connectivity index (χ3n) is 4.47. The van der Waals surface area contributed by atoms with Crippen molar-refractivity contribution in [3.05, 3.63) is 23.7 Å². The van der Waals surface area contributed by atoms with E-state index in [4.69, 9.17) is 14.3 Å². The van der Waals surface area contributed by atoms with Gasteiger partial charge in [0, 0.05) is 13.0 Å². The van der Waals surface area contributed by atoms with Crippen LogP contribution in [0, 0.1) is 0 Å². The van der Waals surface area contributed by atoms with Gasteiger partial charge >= 0.3 is 5.97 Å². The van der Waals surface area contributed by atoms with Crippen molar-refractivity contribution < 1.29 is 23.8 Å². The Kier molecular flexibility index (Phi) is 4.20. The number of furan rings is 1. The zero-order valence-corrected chi connectivity index (χ0v) is 12.7. The SMILES string of the molecule is CCc1ccc(C2CCCN2C(=O)[C@@H]2CC[C@H](C(=O)O)O2)o1. The highest BCUT2D eigenvalue weighted by atomic mass is 16.5. The molecule has 0 spiro atoms. The van der Waals surface area contributed by atoms with Gasteiger partial charge in [-0.25, -0.2) is 4.79 Å². The maximum absolute atomic E-state index is 12.6. The standard InChI is InChI=1S/C16H21NO5/c1-2-10-5-6-12(21-10)11-4-3-9-17(11)15(18)13-7-8-14(22-13)16(19)20/h5-6,11,13-14H,2-4,7-9H2,1H3,(H,19,20)/t11?,13-,14+/m0/s1. The summed E-state index contributed by atoms with van der Waals surface area (Å²) in [6, 6.07) is 3.83. The van der Waals surface area contributed by atoms with Crippen LogP contribution in [0.15, 0.2) is 16.5 Å². The number of likely N-dealkylation sites (tertiary alicyclic amines) is 1. The number of hydrogen-bond donors (Lipinski definition) is 1. The largest absolute Gasteiger partial charge is 0.479 e. The van der Waals surface area contributed by atoms with Gasteiger partial charge in [0.25, 0.3) is 5.91 Å². The van der Waals surface area contributed by atoms with Gasteiger partial charge in [0.1, 0.15) is 17.6 Å². The summed E-state index contributed by atoms with van der Waals surface area (Å²) < 4.78 is 11.2. The van der Waals surface area contributed by atoms with E-state index in [1.807, 2.05) is 19.1 Å². The summed E-state index contributed by atoms with van der Waals surface area (Å²) in [6.07, 6.45) is 1.99. The quantitative estimate of drug-likeness (QED) is 0.922. The Morgan fingerprint density at radius 1 is 1.27 bits per heavy atom. The van der Waals surface area contributed by atoms with E-state index in [2.05, 4.69) is 0 Å². The molecule has 1 aromatic rings. The molecule has 0 saturated carbocycles. The lowest BCUT2D eigenvalue weighted by Crippen LogP contribution is -2.39. The molecule has 1 amide bonds. The summed E-state index contributed by atoms with van der Waals surface area (Å²) in [6.45, 7) is 2.70. The molecule has 6 nitrogen and oxygen atoms in total. The summed E-state index contributed by atoms with van der Waals surface area (Å²) in [5, 5.41) is 8.97. The van der Waals surface area contributed by atoms with Crippen LogP contribution in [0.2, 0.25) is 0 Å². The van der Waals surface area contributed by atoms with Gasteiger partial charge in [0.15, 0.2) is 6.10 Å². The fourth-order valence-electron chi connectivity index (χ4n) is 3.28. The highest BCUT2D eigenvalue weighted by Crippen LogP contribution is 2.35. The van der Waals surface area contributed by atoms with Crippen molar-refractivity contribution in [1.29, 1.82) is 0 Å². The van der Waals surface area contributed by atoms with Gasteiger partial charge in [0.2, 0.25) is 0 Å². The number of aryl methyl sites for hydroxylation is 1. The second-order valence-electron chi connectivity index (χ2n) is 5.88. The Labute approximate surface area is 129 Å². The number of aliphatic carboxylic acids is 1. The predicted molar refractivity (Wildman–Crippen MR) is 77.3 cm³/mol. The first kappa shape index (κ1) is 15.1. The Bertz CT molecular complexity index is 567. The van der Waals surface area contributed by atoms with E-state index < -0.39 is 18.2 Å². The summed E-state index contributed by atoms with van der Waals surface area (Å²) in [5.41, 5.74) is 0. The van der Waals surface area contributed by atoms with Crippen LogP contribution in [0.5, 0.6) is 0 Å². The number of carboxylic acid groups (broad SMARTS) is 1. The van der Waals surface area contributed by atoms with Crippen LogP contribution in [-0.4, -0.2) is 40.6 Å². The van der Waals surface area contributed by atoms with Crippen molar-refractivity contribution in [2.75, 3.05) is 6.54 Å². The Morgan fingerprint density at radius 3 is 2.68 bits per heavy atom. The van der Waals surface area contributed by atoms with Crippen molar-refractivity contribution in [2.45, 2.75) is 57.3 Å². The molecule has 120 valence electrons. The Balaban J connectivity index is 1.70. The van der Waals surface area contributed by atoms with Gasteiger partial charge in [-0.1, -0.05) is 6.92 Å². The number of carbonyl (C=O) groups is 2. The molecule has 0 bridgehead atoms. The zero-order valence-electron chi connectivity index (χ0n) is 12.7. The zero-order chi connectivity index (χ0) is 15.7. The highest BCUT2D eigenvalue weighted by molar-refractivity contribution is 5.83. The molecular weight excluding hydrogens is 286 g/mol. The van der Waals surface area contributed by atoms with Crippen LogP contribution in [0.1, 0.15) is 50.2 Å². The first-order chi connectivity index (χ1) is 10.6. The third-order valence-corrected chi connectivity index (χ3v) is 4.47. The van der Waals surface area contributed by atoms with Gasteiger partial charge in [-0.15, -0.1) is 0 Å². The summed E-state index contributed by atoms with van der Waals surface area (Å²) in [7, 11) is 0. The predicted octanol–water partition coefficient (Wildman–Crippen LogP) is 2.14. The first-order valence-electron chi connectivity index (χ1n) is 7.87. The molecule has 0 aromatic carbocycles. The highest BCUT2D eigenvalue weighted by Gasteiger charge is 2.41. The lowest BCUT2D eigenvalue weighted by molar-refractivity contribution is -0.155. The lowest BCUT2D eigenvalue weighted by Gasteiger charge is -2.26. The molecule has 0 aliphatic carbocycles. The first-order valence-corrected chi connectivity index (χ1v) is 7.87. The summed E-state index contributed by atoms with van der Waals surface area (Å²) in [4.78, 5) is 25.4. The van der Waals surface area contributed by atoms with E-state index in [0.29, 0.717) is 19.4 Å². The number of rotatable bonds is 4. The van der Waals surface area contributed by atoms with Crippen LogP contribution in [0.25, 0.3) is 0 Å². The molecule has 2 aliphatic rings. The molecule has 22 heavy (non-hydrogen) atoms. The van der Waals surface area contributed by atoms with E-state index in [-0.39, 0.29) is 11.9 Å². The topological polar surface area (TPSA) is 80.0 Å². The number of nitrogens with zero attached hydrogens (tertiary/aromatic N) is 1. The Hall–Kier alpha value is -1.82. The minimum atomic E-state index is -0.994. The van der Waals surface area contributed by atoms with E-state index in [1.54, 1.807) is 4.90 Å². The van der Waals surface area contributed by atoms with Crippen molar-refractivity contribution in [3.8, 4) is 0 Å². The summed E-state index contributed by atoms with van der Waals surface area (Å²) >= 11 is 0. The fourth-order valence-corrected chi connectivity index (χ4v) is 3.28. The minimum Gasteiger partial charge on any atom is -0.479 e. The van der Waals surface area contributed by atoms with E-state index in [0.717, 1.165) is 30.8 Å². The molecule has 2 aliphatic heterocycles. The van der Waals surface area contributed by atoms with Crippen molar-refractivity contribution in [2.24, 2.45) is 0 Å². The number of carboxylic acids is 1.